The number of fused-ring (bicyclic) bond motifs is 1. The molecule has 0 fully saturated rings. The van der Waals surface area contributed by atoms with Crippen LogP contribution in [0.5, 0.6) is 0 Å². The van der Waals surface area contributed by atoms with Crippen LogP contribution in [-0.2, 0) is 20.1 Å². The molecule has 23 heavy (non-hydrogen) atoms. The summed E-state index contributed by atoms with van der Waals surface area (Å²) < 4.78 is 7.04. The number of hydrogen-bond donors (Lipinski definition) is 3. The van der Waals surface area contributed by atoms with E-state index in [-0.39, 0.29) is 12.6 Å². The van der Waals surface area contributed by atoms with Crippen LogP contribution in [0.2, 0.25) is 0 Å². The molecule has 0 atom stereocenters. The van der Waals surface area contributed by atoms with Gasteiger partial charge in [0.15, 0.2) is 0 Å². The van der Waals surface area contributed by atoms with Crippen molar-refractivity contribution < 1.29 is 14.3 Å². The van der Waals surface area contributed by atoms with Gasteiger partial charge in [0.2, 0.25) is 0 Å². The molecule has 0 aliphatic heterocycles. The molecule has 120 valence electrons. The van der Waals surface area contributed by atoms with Gasteiger partial charge in [-0.2, -0.15) is 5.10 Å². The second-order valence-electron chi connectivity index (χ2n) is 5.20. The molecule has 0 aliphatic carbocycles. The van der Waals surface area contributed by atoms with Gasteiger partial charge in [0.05, 0.1) is 5.69 Å². The summed E-state index contributed by atoms with van der Waals surface area (Å²) in [5.74, 6) is 1.12. The fourth-order valence-corrected chi connectivity index (χ4v) is 2.35. The van der Waals surface area contributed by atoms with Crippen LogP contribution in [0.4, 0.5) is 16.3 Å². The molecule has 7 heteroatoms. The number of hydrogen-bond acceptors (Lipinski definition) is 4. The van der Waals surface area contributed by atoms with Gasteiger partial charge in [-0.25, -0.2) is 4.79 Å². The maximum Gasteiger partial charge on any atom is 0.324 e. The molecule has 2 amide bonds. The number of aliphatic hydroxyl groups excluding tert-OH is 1. The van der Waals surface area contributed by atoms with E-state index in [9.17, 15) is 4.79 Å². The summed E-state index contributed by atoms with van der Waals surface area (Å²) in [7, 11) is 1.78. The Balaban J connectivity index is 1.72. The Morgan fingerprint density at radius 2 is 2.13 bits per heavy atom. The van der Waals surface area contributed by atoms with Gasteiger partial charge in [-0.05, 0) is 30.7 Å². The third-order valence-electron chi connectivity index (χ3n) is 3.52. The number of carbonyl (C=O) groups is 1. The van der Waals surface area contributed by atoms with Crippen LogP contribution in [0.25, 0.3) is 11.0 Å². The Bertz CT molecular complexity index is 850. The smallest absolute Gasteiger partial charge is 0.324 e. The van der Waals surface area contributed by atoms with E-state index in [1.165, 1.54) is 0 Å². The number of urea groups is 1. The first-order valence-electron chi connectivity index (χ1n) is 7.33. The van der Waals surface area contributed by atoms with Gasteiger partial charge in [0, 0.05) is 24.2 Å². The molecule has 2 aromatic heterocycles. The minimum Gasteiger partial charge on any atom is -0.459 e. The van der Waals surface area contributed by atoms with Crippen molar-refractivity contribution in [1.29, 1.82) is 0 Å². The summed E-state index contributed by atoms with van der Waals surface area (Å²) in [5.41, 5.74) is 2.22. The van der Waals surface area contributed by atoms with Gasteiger partial charge in [-0.3, -0.25) is 10.00 Å². The van der Waals surface area contributed by atoms with E-state index in [4.69, 9.17) is 9.52 Å². The highest BCUT2D eigenvalue weighted by Gasteiger charge is 2.09. The molecule has 0 saturated heterocycles. The number of anilines is 2. The van der Waals surface area contributed by atoms with Crippen molar-refractivity contribution in [1.82, 2.24) is 9.78 Å². The molecular weight excluding hydrogens is 296 g/mol. The summed E-state index contributed by atoms with van der Waals surface area (Å²) in [4.78, 5) is 12.1. The standard InChI is InChI=1S/C16H18N4O3/c1-3-11-8-15(20(2)19-11)18-16(22)17-12-4-5-14-10(6-12)7-13(9-21)23-14/h4-8,21H,3,9H2,1-2H3,(H2,17,18,22). The number of carbonyl (C=O) groups excluding carboxylic acids is 1. The zero-order chi connectivity index (χ0) is 16.4. The molecule has 0 spiro atoms. The minimum absolute atomic E-state index is 0.155. The Kier molecular flexibility index (Phi) is 4.03. The maximum atomic E-state index is 12.1. The number of amides is 2. The van der Waals surface area contributed by atoms with Gasteiger partial charge in [-0.1, -0.05) is 6.92 Å². The van der Waals surface area contributed by atoms with E-state index in [2.05, 4.69) is 15.7 Å². The van der Waals surface area contributed by atoms with Crippen LogP contribution in [0, 0.1) is 0 Å². The molecule has 0 bridgehead atoms. The summed E-state index contributed by atoms with van der Waals surface area (Å²) in [6.45, 7) is 1.85. The lowest BCUT2D eigenvalue weighted by Crippen LogP contribution is -2.20. The molecule has 3 N–H and O–H groups in total. The van der Waals surface area contributed by atoms with Gasteiger partial charge in [0.25, 0.3) is 0 Å². The van der Waals surface area contributed by atoms with Crippen molar-refractivity contribution in [3.63, 3.8) is 0 Å². The van der Waals surface area contributed by atoms with Crippen molar-refractivity contribution in [3.05, 3.63) is 41.8 Å². The first kappa shape index (κ1) is 15.1. The van der Waals surface area contributed by atoms with Crippen LogP contribution < -0.4 is 10.6 Å². The van der Waals surface area contributed by atoms with Crippen molar-refractivity contribution in [2.75, 3.05) is 10.6 Å². The molecule has 3 aromatic rings. The summed E-state index contributed by atoms with van der Waals surface area (Å²) in [6, 6.07) is 8.52. The molecule has 0 unspecified atom stereocenters. The zero-order valence-corrected chi connectivity index (χ0v) is 13.0. The first-order valence-corrected chi connectivity index (χ1v) is 7.33. The highest BCUT2D eigenvalue weighted by atomic mass is 16.4. The number of aryl methyl sites for hydroxylation is 2. The molecule has 2 heterocycles. The topological polar surface area (TPSA) is 92.3 Å². The molecule has 0 saturated carbocycles. The van der Waals surface area contributed by atoms with Crippen LogP contribution in [0.3, 0.4) is 0 Å². The van der Waals surface area contributed by atoms with E-state index in [0.717, 1.165) is 17.5 Å². The number of aliphatic hydroxyl groups is 1. The Morgan fingerprint density at radius 1 is 1.30 bits per heavy atom. The second kappa shape index (κ2) is 6.13. The Labute approximate surface area is 132 Å². The molecule has 3 rings (SSSR count). The fraction of sp³-hybridized carbons (Fsp3) is 0.250. The van der Waals surface area contributed by atoms with E-state index in [0.29, 0.717) is 22.8 Å². The van der Waals surface area contributed by atoms with Crippen LogP contribution in [0.1, 0.15) is 18.4 Å². The molecule has 1 aromatic carbocycles. The summed E-state index contributed by atoms with van der Waals surface area (Å²) in [5, 5.41) is 19.7. The average molecular weight is 314 g/mol. The Morgan fingerprint density at radius 3 is 2.83 bits per heavy atom. The third kappa shape index (κ3) is 3.19. The lowest BCUT2D eigenvalue weighted by atomic mass is 10.2. The molecule has 0 aliphatic rings. The predicted molar refractivity (Wildman–Crippen MR) is 87.4 cm³/mol. The highest BCUT2D eigenvalue weighted by molar-refractivity contribution is 6.00. The number of nitrogens with zero attached hydrogens (tertiary/aromatic N) is 2. The predicted octanol–water partition coefficient (Wildman–Crippen LogP) is 2.87. The number of rotatable bonds is 4. The van der Waals surface area contributed by atoms with Crippen LogP contribution >= 0.6 is 0 Å². The Hall–Kier alpha value is -2.80. The lowest BCUT2D eigenvalue weighted by Gasteiger charge is -2.07. The van der Waals surface area contributed by atoms with Crippen LogP contribution in [-0.4, -0.2) is 20.9 Å². The SMILES string of the molecule is CCc1cc(NC(=O)Nc2ccc3oc(CO)cc3c2)n(C)n1. The van der Waals surface area contributed by atoms with E-state index >= 15 is 0 Å². The number of nitrogens with one attached hydrogen (secondary N) is 2. The van der Waals surface area contributed by atoms with Crippen molar-refractivity contribution >= 4 is 28.5 Å². The number of benzene rings is 1. The van der Waals surface area contributed by atoms with Gasteiger partial charge >= 0.3 is 6.03 Å². The van der Waals surface area contributed by atoms with E-state index in [1.54, 1.807) is 36.0 Å². The van der Waals surface area contributed by atoms with Crippen molar-refractivity contribution in [3.8, 4) is 0 Å². The second-order valence-corrected chi connectivity index (χ2v) is 5.20. The zero-order valence-electron chi connectivity index (χ0n) is 13.0. The fourth-order valence-electron chi connectivity index (χ4n) is 2.35. The largest absolute Gasteiger partial charge is 0.459 e. The maximum absolute atomic E-state index is 12.1. The first-order chi connectivity index (χ1) is 11.1. The highest BCUT2D eigenvalue weighted by Crippen LogP contribution is 2.23. The number of furan rings is 1. The van der Waals surface area contributed by atoms with Crippen molar-refractivity contribution in [2.45, 2.75) is 20.0 Å². The quantitative estimate of drug-likeness (QED) is 0.690. The van der Waals surface area contributed by atoms with Gasteiger partial charge in [-0.15, -0.1) is 0 Å². The average Bonchev–Trinajstić information content (AvgIpc) is 3.10. The molecule has 7 nitrogen and oxygen atoms in total. The van der Waals surface area contributed by atoms with Crippen LogP contribution in [0.15, 0.2) is 34.7 Å². The lowest BCUT2D eigenvalue weighted by molar-refractivity contribution is 0.251. The van der Waals surface area contributed by atoms with Gasteiger partial charge < -0.3 is 14.8 Å². The minimum atomic E-state index is -0.346. The van der Waals surface area contributed by atoms with Crippen molar-refractivity contribution in [2.24, 2.45) is 7.05 Å². The molecular formula is C16H18N4O3. The number of aromatic nitrogens is 2. The van der Waals surface area contributed by atoms with Gasteiger partial charge in [0.1, 0.15) is 23.8 Å². The normalized spacial score (nSPS) is 10.9. The molecule has 0 radical (unpaired) electrons. The van der Waals surface area contributed by atoms with E-state index in [1.807, 2.05) is 13.0 Å². The summed E-state index contributed by atoms with van der Waals surface area (Å²) >= 11 is 0. The monoisotopic (exact) mass is 314 g/mol. The van der Waals surface area contributed by atoms with E-state index < -0.39 is 0 Å². The third-order valence-corrected chi connectivity index (χ3v) is 3.52. The summed E-state index contributed by atoms with van der Waals surface area (Å²) in [6.07, 6.45) is 0.807.